The van der Waals surface area contributed by atoms with Crippen molar-refractivity contribution in [2.75, 3.05) is 14.2 Å². The van der Waals surface area contributed by atoms with Gasteiger partial charge in [-0.05, 0) is 35.4 Å². The van der Waals surface area contributed by atoms with Gasteiger partial charge in [0.05, 0.1) is 27.0 Å². The van der Waals surface area contributed by atoms with Crippen molar-refractivity contribution in [3.8, 4) is 11.5 Å². The number of hydrogen-bond donors (Lipinski definition) is 1. The molecule has 0 aliphatic carbocycles. The van der Waals surface area contributed by atoms with Gasteiger partial charge >= 0.3 is 0 Å². The van der Waals surface area contributed by atoms with Crippen LogP contribution in [0.3, 0.4) is 0 Å². The van der Waals surface area contributed by atoms with Crippen LogP contribution in [-0.4, -0.2) is 20.4 Å². The topological polar surface area (TPSA) is 42.8 Å². The first-order chi connectivity index (χ1) is 10.2. The van der Waals surface area contributed by atoms with E-state index in [2.05, 4.69) is 26.5 Å². The van der Waals surface area contributed by atoms with E-state index in [-0.39, 0.29) is 0 Å². The Balaban J connectivity index is 1.94. The lowest BCUT2D eigenvalue weighted by atomic mass is 10.2. The fourth-order valence-corrected chi connectivity index (χ4v) is 2.25. The number of benzene rings is 2. The van der Waals surface area contributed by atoms with Crippen molar-refractivity contribution in [3.63, 3.8) is 0 Å². The van der Waals surface area contributed by atoms with Crippen LogP contribution in [0.5, 0.6) is 11.5 Å². The molecule has 0 amide bonds. The highest BCUT2D eigenvalue weighted by atomic mass is 79.9. The van der Waals surface area contributed by atoms with Gasteiger partial charge in [0, 0.05) is 4.47 Å². The number of methoxy groups -OCH3 is 2. The number of ether oxygens (including phenoxy) is 2. The van der Waals surface area contributed by atoms with Gasteiger partial charge in [0.1, 0.15) is 0 Å². The Morgan fingerprint density at radius 1 is 1.10 bits per heavy atom. The van der Waals surface area contributed by atoms with E-state index in [1.54, 1.807) is 20.4 Å². The minimum Gasteiger partial charge on any atom is -0.493 e. The monoisotopic (exact) mass is 348 g/mol. The first-order valence-corrected chi connectivity index (χ1v) is 7.24. The fourth-order valence-electron chi connectivity index (χ4n) is 1.83. The molecule has 1 N–H and O–H groups in total. The van der Waals surface area contributed by atoms with Gasteiger partial charge in [0.2, 0.25) is 0 Å². The number of nitrogens with zero attached hydrogens (tertiary/aromatic N) is 1. The van der Waals surface area contributed by atoms with E-state index in [1.807, 2.05) is 42.5 Å². The van der Waals surface area contributed by atoms with Crippen molar-refractivity contribution in [2.24, 2.45) is 5.10 Å². The second kappa shape index (κ2) is 7.69. The summed E-state index contributed by atoms with van der Waals surface area (Å²) in [7, 11) is 3.25. The first-order valence-electron chi connectivity index (χ1n) is 6.45. The molecule has 0 saturated heterocycles. The summed E-state index contributed by atoms with van der Waals surface area (Å²) in [6.45, 7) is 0.616. The normalized spacial score (nSPS) is 10.6. The maximum Gasteiger partial charge on any atom is 0.161 e. The zero-order valence-electron chi connectivity index (χ0n) is 12.0. The van der Waals surface area contributed by atoms with Crippen LogP contribution in [0.4, 0.5) is 0 Å². The van der Waals surface area contributed by atoms with E-state index in [1.165, 1.54) is 0 Å². The van der Waals surface area contributed by atoms with Crippen LogP contribution in [0.25, 0.3) is 0 Å². The van der Waals surface area contributed by atoms with Gasteiger partial charge in [0.15, 0.2) is 11.5 Å². The van der Waals surface area contributed by atoms with Crippen molar-refractivity contribution in [1.82, 2.24) is 5.43 Å². The van der Waals surface area contributed by atoms with Crippen molar-refractivity contribution >= 4 is 22.1 Å². The van der Waals surface area contributed by atoms with Crippen LogP contribution in [0.2, 0.25) is 0 Å². The molecular weight excluding hydrogens is 332 g/mol. The average Bonchev–Trinajstić information content (AvgIpc) is 2.51. The minimum absolute atomic E-state index is 0.616. The van der Waals surface area contributed by atoms with E-state index in [0.717, 1.165) is 21.3 Å². The molecule has 2 aromatic carbocycles. The standard InChI is InChI=1S/C16H17BrN2O2/c1-20-15-7-6-13(9-16(15)21-2)11-19-18-10-12-4-3-5-14(17)8-12/h3-10,19H,11H2,1-2H3/b18-10-. The molecule has 0 bridgehead atoms. The molecular formula is C16H17BrN2O2. The molecule has 0 saturated carbocycles. The maximum atomic E-state index is 5.27. The molecule has 0 unspecified atom stereocenters. The van der Waals surface area contributed by atoms with Gasteiger partial charge in [-0.15, -0.1) is 0 Å². The number of hydrogen-bond acceptors (Lipinski definition) is 4. The molecule has 5 heteroatoms. The second-order valence-electron chi connectivity index (χ2n) is 4.34. The summed E-state index contributed by atoms with van der Waals surface area (Å²) in [6.07, 6.45) is 1.78. The highest BCUT2D eigenvalue weighted by molar-refractivity contribution is 9.10. The molecule has 2 aromatic rings. The zero-order chi connectivity index (χ0) is 15.1. The first kappa shape index (κ1) is 15.4. The lowest BCUT2D eigenvalue weighted by Gasteiger charge is -2.09. The molecule has 0 heterocycles. The zero-order valence-corrected chi connectivity index (χ0v) is 13.6. The van der Waals surface area contributed by atoms with Gasteiger partial charge in [0.25, 0.3) is 0 Å². The van der Waals surface area contributed by atoms with Crippen LogP contribution < -0.4 is 14.9 Å². The molecule has 0 atom stereocenters. The predicted octanol–water partition coefficient (Wildman–Crippen LogP) is 3.59. The van der Waals surface area contributed by atoms with Crippen molar-refractivity contribution < 1.29 is 9.47 Å². The van der Waals surface area contributed by atoms with E-state index >= 15 is 0 Å². The quantitative estimate of drug-likeness (QED) is 0.640. The molecule has 0 radical (unpaired) electrons. The number of halogens is 1. The van der Waals surface area contributed by atoms with Gasteiger partial charge in [-0.2, -0.15) is 5.10 Å². The molecule has 0 aliphatic rings. The highest BCUT2D eigenvalue weighted by Crippen LogP contribution is 2.27. The third kappa shape index (κ3) is 4.49. The van der Waals surface area contributed by atoms with Gasteiger partial charge in [-0.25, -0.2) is 0 Å². The van der Waals surface area contributed by atoms with Gasteiger partial charge in [-0.1, -0.05) is 34.1 Å². The Hall–Kier alpha value is -2.01. The third-order valence-electron chi connectivity index (χ3n) is 2.88. The van der Waals surface area contributed by atoms with Gasteiger partial charge in [-0.3, -0.25) is 0 Å². The summed E-state index contributed by atoms with van der Waals surface area (Å²) >= 11 is 3.43. The summed E-state index contributed by atoms with van der Waals surface area (Å²) in [5, 5.41) is 4.21. The Morgan fingerprint density at radius 2 is 1.90 bits per heavy atom. The highest BCUT2D eigenvalue weighted by Gasteiger charge is 2.03. The Kier molecular flexibility index (Phi) is 5.63. The molecule has 21 heavy (non-hydrogen) atoms. The van der Waals surface area contributed by atoms with Crippen molar-refractivity contribution in [3.05, 3.63) is 58.1 Å². The Morgan fingerprint density at radius 3 is 2.62 bits per heavy atom. The molecule has 110 valence electrons. The minimum atomic E-state index is 0.616. The predicted molar refractivity (Wildman–Crippen MR) is 88.1 cm³/mol. The number of hydrazone groups is 1. The van der Waals surface area contributed by atoms with E-state index < -0.39 is 0 Å². The third-order valence-corrected chi connectivity index (χ3v) is 3.38. The Labute approximate surface area is 132 Å². The largest absolute Gasteiger partial charge is 0.493 e. The summed E-state index contributed by atoms with van der Waals surface area (Å²) < 4.78 is 11.5. The van der Waals surface area contributed by atoms with Crippen LogP contribution in [0.15, 0.2) is 52.0 Å². The summed E-state index contributed by atoms with van der Waals surface area (Å²) in [5.74, 6) is 1.44. The van der Waals surface area contributed by atoms with E-state index in [0.29, 0.717) is 12.3 Å². The van der Waals surface area contributed by atoms with Crippen molar-refractivity contribution in [1.29, 1.82) is 0 Å². The maximum absolute atomic E-state index is 5.27. The fraction of sp³-hybridized carbons (Fsp3) is 0.188. The summed E-state index contributed by atoms with van der Waals surface area (Å²) in [5.41, 5.74) is 5.12. The summed E-state index contributed by atoms with van der Waals surface area (Å²) in [6, 6.07) is 13.7. The lowest BCUT2D eigenvalue weighted by molar-refractivity contribution is 0.354. The van der Waals surface area contributed by atoms with Crippen LogP contribution in [0.1, 0.15) is 11.1 Å². The molecule has 0 fully saturated rings. The molecule has 2 rings (SSSR count). The second-order valence-corrected chi connectivity index (χ2v) is 5.25. The SMILES string of the molecule is COc1ccc(CN/N=C\c2cccc(Br)c2)cc1OC. The average molecular weight is 349 g/mol. The summed E-state index contributed by atoms with van der Waals surface area (Å²) in [4.78, 5) is 0. The van der Waals surface area contributed by atoms with Crippen molar-refractivity contribution in [2.45, 2.75) is 6.54 Å². The smallest absolute Gasteiger partial charge is 0.161 e. The van der Waals surface area contributed by atoms with Gasteiger partial charge < -0.3 is 14.9 Å². The lowest BCUT2D eigenvalue weighted by Crippen LogP contribution is -2.06. The van der Waals surface area contributed by atoms with Crippen LogP contribution in [-0.2, 0) is 6.54 Å². The number of nitrogens with one attached hydrogen (secondary N) is 1. The molecule has 0 aliphatic heterocycles. The molecule has 4 nitrogen and oxygen atoms in total. The Bertz CT molecular complexity index is 629. The van der Waals surface area contributed by atoms with E-state index in [9.17, 15) is 0 Å². The van der Waals surface area contributed by atoms with Crippen LogP contribution in [0, 0.1) is 0 Å². The van der Waals surface area contributed by atoms with E-state index in [4.69, 9.17) is 9.47 Å². The molecule has 0 spiro atoms. The van der Waals surface area contributed by atoms with Crippen LogP contribution >= 0.6 is 15.9 Å². The number of rotatable bonds is 6. The molecule has 0 aromatic heterocycles.